The van der Waals surface area contributed by atoms with E-state index in [0.29, 0.717) is 17.8 Å². The molecule has 5 nitrogen and oxygen atoms in total. The Balaban J connectivity index is 1.68. The number of nitrogen functional groups attached to an aromatic ring is 1. The van der Waals surface area contributed by atoms with Crippen LogP contribution in [0, 0.1) is 11.8 Å². The van der Waals surface area contributed by atoms with Crippen LogP contribution in [-0.2, 0) is 14.4 Å². The van der Waals surface area contributed by atoms with Gasteiger partial charge in [0.2, 0.25) is 11.8 Å². The second-order valence-corrected chi connectivity index (χ2v) is 7.01. The summed E-state index contributed by atoms with van der Waals surface area (Å²) in [4.78, 5) is 40.1. The normalized spacial score (nSPS) is 29.8. The maximum atomic E-state index is 13.1. The van der Waals surface area contributed by atoms with Gasteiger partial charge in [-0.2, -0.15) is 0 Å². The Labute approximate surface area is 144 Å². The van der Waals surface area contributed by atoms with Crippen molar-refractivity contribution < 1.29 is 14.4 Å². The molecule has 2 amide bonds. The first-order valence-corrected chi connectivity index (χ1v) is 8.43. The van der Waals surface area contributed by atoms with Crippen LogP contribution >= 0.6 is 0 Å². The van der Waals surface area contributed by atoms with Gasteiger partial charge in [-0.05, 0) is 23.3 Å². The molecule has 4 atom stereocenters. The van der Waals surface area contributed by atoms with Crippen molar-refractivity contribution in [2.24, 2.45) is 11.8 Å². The predicted octanol–water partition coefficient (Wildman–Crippen LogP) is 2.23. The quantitative estimate of drug-likeness (QED) is 0.641. The van der Waals surface area contributed by atoms with Crippen molar-refractivity contribution in [2.45, 2.75) is 18.3 Å². The van der Waals surface area contributed by atoms with Gasteiger partial charge in [0, 0.05) is 12.3 Å². The molecule has 0 spiro atoms. The molecule has 6 rings (SSSR count). The number of carbonyl (C=O) groups is 3. The molecule has 2 aromatic carbocycles. The predicted molar refractivity (Wildman–Crippen MR) is 91.9 cm³/mol. The molecule has 0 aromatic heterocycles. The van der Waals surface area contributed by atoms with Crippen molar-refractivity contribution in [3.05, 3.63) is 59.7 Å². The molecule has 4 aliphatic rings. The average molecular weight is 332 g/mol. The lowest BCUT2D eigenvalue weighted by Gasteiger charge is -2.43. The summed E-state index contributed by atoms with van der Waals surface area (Å²) < 4.78 is 0. The zero-order chi connectivity index (χ0) is 17.3. The number of benzene rings is 2. The van der Waals surface area contributed by atoms with Crippen LogP contribution in [0.25, 0.3) is 0 Å². The van der Waals surface area contributed by atoms with E-state index < -0.39 is 17.8 Å². The molecule has 1 saturated heterocycles. The van der Waals surface area contributed by atoms with Crippen LogP contribution in [0.4, 0.5) is 11.4 Å². The Bertz CT molecular complexity index is 951. The highest BCUT2D eigenvalue weighted by molar-refractivity contribution is 6.25. The number of para-hydroxylation sites is 2. The van der Waals surface area contributed by atoms with Crippen LogP contribution in [0.3, 0.4) is 0 Å². The summed E-state index contributed by atoms with van der Waals surface area (Å²) in [5, 5.41) is 0. The van der Waals surface area contributed by atoms with E-state index >= 15 is 0 Å². The van der Waals surface area contributed by atoms with E-state index in [2.05, 4.69) is 0 Å². The number of nitrogens with two attached hydrogens (primary N) is 1. The van der Waals surface area contributed by atoms with E-state index in [4.69, 9.17) is 5.73 Å². The third kappa shape index (κ3) is 1.70. The Kier molecular flexibility index (Phi) is 2.76. The highest BCUT2D eigenvalue weighted by Crippen LogP contribution is 2.57. The first-order valence-electron chi connectivity index (χ1n) is 8.43. The zero-order valence-corrected chi connectivity index (χ0v) is 13.4. The SMILES string of the molecule is Nc1ccccc1N1C(=O)[C@@H]2[C@@H](C1=O)[C@H]1C(=O)C[C@H]2c2ccccc21. The molecule has 124 valence electrons. The summed E-state index contributed by atoms with van der Waals surface area (Å²) in [5.74, 6) is -2.27. The van der Waals surface area contributed by atoms with Gasteiger partial charge in [0.05, 0.1) is 29.1 Å². The molecule has 3 aliphatic carbocycles. The standard InChI is InChI=1S/C20H16N2O3/c21-13-7-3-4-8-14(13)22-19(24)17-12-9-15(23)16(18(17)20(22)25)11-6-2-1-5-10(11)12/h1-8,12,16-18H,9,21H2/t12-,16+,17-,18-/m0/s1. The Morgan fingerprint density at radius 2 is 1.48 bits per heavy atom. The van der Waals surface area contributed by atoms with Gasteiger partial charge in [0.15, 0.2) is 0 Å². The van der Waals surface area contributed by atoms with Crippen molar-refractivity contribution in [1.29, 1.82) is 0 Å². The lowest BCUT2D eigenvalue weighted by Crippen LogP contribution is -2.44. The van der Waals surface area contributed by atoms with Gasteiger partial charge in [0.1, 0.15) is 5.78 Å². The molecule has 2 N–H and O–H groups in total. The Morgan fingerprint density at radius 3 is 2.24 bits per heavy atom. The molecule has 0 radical (unpaired) electrons. The van der Waals surface area contributed by atoms with Crippen molar-refractivity contribution in [2.75, 3.05) is 10.6 Å². The maximum Gasteiger partial charge on any atom is 0.238 e. The number of nitrogens with zero attached hydrogens (tertiary/aromatic N) is 1. The van der Waals surface area contributed by atoms with Crippen molar-refractivity contribution in [3.63, 3.8) is 0 Å². The number of imide groups is 1. The number of hydrogen-bond acceptors (Lipinski definition) is 4. The molecule has 0 unspecified atom stereocenters. The molecule has 5 heteroatoms. The smallest absolute Gasteiger partial charge is 0.238 e. The van der Waals surface area contributed by atoms with Crippen molar-refractivity contribution in [3.8, 4) is 0 Å². The van der Waals surface area contributed by atoms with Crippen molar-refractivity contribution >= 4 is 29.0 Å². The summed E-state index contributed by atoms with van der Waals surface area (Å²) in [6.45, 7) is 0. The fraction of sp³-hybridized carbons (Fsp3) is 0.250. The highest BCUT2D eigenvalue weighted by atomic mass is 16.2. The van der Waals surface area contributed by atoms with E-state index in [0.717, 1.165) is 11.1 Å². The second kappa shape index (κ2) is 4.79. The number of Topliss-reactive ketones (excluding diaryl/α,β-unsaturated/α-hetero) is 1. The fourth-order valence-corrected chi connectivity index (χ4v) is 4.89. The van der Waals surface area contributed by atoms with Gasteiger partial charge in [-0.25, -0.2) is 4.90 Å². The van der Waals surface area contributed by atoms with Gasteiger partial charge < -0.3 is 5.73 Å². The second-order valence-electron chi connectivity index (χ2n) is 7.01. The van der Waals surface area contributed by atoms with Gasteiger partial charge in [-0.1, -0.05) is 36.4 Å². The molecule has 1 heterocycles. The summed E-state index contributed by atoms with van der Waals surface area (Å²) in [5.41, 5.74) is 8.76. The van der Waals surface area contributed by atoms with Gasteiger partial charge in [-0.3, -0.25) is 14.4 Å². The van der Waals surface area contributed by atoms with Crippen LogP contribution < -0.4 is 10.6 Å². The number of carbonyl (C=O) groups excluding carboxylic acids is 3. The van der Waals surface area contributed by atoms with E-state index in [1.54, 1.807) is 24.3 Å². The fourth-order valence-electron chi connectivity index (χ4n) is 4.89. The third-order valence-electron chi connectivity index (χ3n) is 5.87. The summed E-state index contributed by atoms with van der Waals surface area (Å²) in [7, 11) is 0. The first kappa shape index (κ1) is 14.4. The number of amides is 2. The average Bonchev–Trinajstić information content (AvgIpc) is 2.88. The van der Waals surface area contributed by atoms with Crippen molar-refractivity contribution in [1.82, 2.24) is 0 Å². The summed E-state index contributed by atoms with van der Waals surface area (Å²) in [6.07, 6.45) is 0.333. The monoisotopic (exact) mass is 332 g/mol. The van der Waals surface area contributed by atoms with Crippen LogP contribution in [0.15, 0.2) is 48.5 Å². The molecule has 1 aliphatic heterocycles. The molecule has 2 fully saturated rings. The number of ketones is 1. The molecule has 25 heavy (non-hydrogen) atoms. The van der Waals surface area contributed by atoms with Crippen LogP contribution in [0.1, 0.15) is 29.4 Å². The molecular weight excluding hydrogens is 316 g/mol. The first-order chi connectivity index (χ1) is 12.1. The molecule has 2 bridgehead atoms. The minimum Gasteiger partial charge on any atom is -0.397 e. The van der Waals surface area contributed by atoms with Gasteiger partial charge >= 0.3 is 0 Å². The number of fused-ring (bicyclic) bond motifs is 1. The van der Waals surface area contributed by atoms with Gasteiger partial charge in [0.25, 0.3) is 0 Å². The summed E-state index contributed by atoms with van der Waals surface area (Å²) >= 11 is 0. The minimum absolute atomic E-state index is 0.0639. The summed E-state index contributed by atoms with van der Waals surface area (Å²) in [6, 6.07) is 14.6. The Morgan fingerprint density at radius 1 is 0.840 bits per heavy atom. The minimum atomic E-state index is -0.603. The number of hydrogen-bond donors (Lipinski definition) is 1. The van der Waals surface area contributed by atoms with Crippen LogP contribution in [0.5, 0.6) is 0 Å². The largest absolute Gasteiger partial charge is 0.397 e. The maximum absolute atomic E-state index is 13.1. The number of anilines is 2. The van der Waals surface area contributed by atoms with Crippen LogP contribution in [-0.4, -0.2) is 17.6 Å². The molecule has 1 saturated carbocycles. The lowest BCUT2D eigenvalue weighted by atomic mass is 9.56. The Hall–Kier alpha value is -2.95. The van der Waals surface area contributed by atoms with E-state index in [9.17, 15) is 14.4 Å². The third-order valence-corrected chi connectivity index (χ3v) is 5.87. The van der Waals surface area contributed by atoms with E-state index in [1.165, 1.54) is 4.90 Å². The number of rotatable bonds is 1. The highest BCUT2D eigenvalue weighted by Gasteiger charge is 2.62. The van der Waals surface area contributed by atoms with Crippen LogP contribution in [0.2, 0.25) is 0 Å². The van der Waals surface area contributed by atoms with E-state index in [-0.39, 0.29) is 23.5 Å². The van der Waals surface area contributed by atoms with E-state index in [1.807, 2.05) is 24.3 Å². The lowest BCUT2D eigenvalue weighted by molar-refractivity contribution is -0.134. The van der Waals surface area contributed by atoms with Gasteiger partial charge in [-0.15, -0.1) is 0 Å². The molecular formula is C20H16N2O3. The topological polar surface area (TPSA) is 80.5 Å². The molecule has 2 aromatic rings. The zero-order valence-electron chi connectivity index (χ0n) is 13.4.